The Morgan fingerprint density at radius 1 is 0.914 bits per heavy atom. The second-order valence-corrected chi connectivity index (χ2v) is 11.2. The fourth-order valence-corrected chi connectivity index (χ4v) is 4.57. The minimum absolute atomic E-state index is 0.0565. The monoisotopic (exact) mass is 496 g/mol. The summed E-state index contributed by atoms with van der Waals surface area (Å²) in [5.74, 6) is -0.518. The maximum absolute atomic E-state index is 13.9. The van der Waals surface area contributed by atoms with Crippen LogP contribution in [0.2, 0.25) is 0 Å². The normalized spacial score (nSPS) is 23.7. The minimum atomic E-state index is -0.784. The van der Waals surface area contributed by atoms with Crippen LogP contribution in [0.15, 0.2) is 0 Å². The van der Waals surface area contributed by atoms with E-state index in [0.717, 1.165) is 0 Å². The van der Waals surface area contributed by atoms with E-state index < -0.39 is 35.7 Å². The smallest absolute Gasteiger partial charge is 0.407 e. The Kier molecular flexibility index (Phi) is 9.38. The molecule has 2 saturated heterocycles. The molecule has 0 bridgehead atoms. The van der Waals surface area contributed by atoms with E-state index in [1.807, 2.05) is 48.5 Å². The summed E-state index contributed by atoms with van der Waals surface area (Å²) in [5, 5.41) is 11.4. The molecule has 5 amide bonds. The zero-order chi connectivity index (χ0) is 26.7. The highest BCUT2D eigenvalue weighted by atomic mass is 16.6. The third-order valence-corrected chi connectivity index (χ3v) is 6.42. The predicted octanol–water partition coefficient (Wildman–Crippen LogP) is 1.03. The van der Waals surface area contributed by atoms with Crippen LogP contribution >= 0.6 is 0 Å². The number of alkyl carbamates (subject to hydrolysis) is 1. The summed E-state index contributed by atoms with van der Waals surface area (Å²) < 4.78 is 5.74. The lowest BCUT2D eigenvalue weighted by atomic mass is 9.85. The molecule has 2 heterocycles. The van der Waals surface area contributed by atoms with Crippen molar-refractivity contribution in [2.24, 2.45) is 5.41 Å². The Bertz CT molecular complexity index is 796. The summed E-state index contributed by atoms with van der Waals surface area (Å²) in [6.45, 7) is 15.4. The molecule has 2 rings (SSSR count). The largest absolute Gasteiger partial charge is 0.442 e. The lowest BCUT2D eigenvalue weighted by molar-refractivity contribution is -0.141. The van der Waals surface area contributed by atoms with Gasteiger partial charge in [-0.05, 0) is 53.5 Å². The number of likely N-dealkylation sites (tertiary alicyclic amines) is 2. The Morgan fingerprint density at radius 2 is 1.51 bits per heavy atom. The van der Waals surface area contributed by atoms with E-state index in [1.165, 1.54) is 0 Å². The second kappa shape index (κ2) is 11.5. The first-order valence-electron chi connectivity index (χ1n) is 12.5. The van der Waals surface area contributed by atoms with E-state index in [9.17, 15) is 19.2 Å². The molecule has 11 heteroatoms. The number of carbonyl (C=O) groups excluding carboxylic acids is 4. The van der Waals surface area contributed by atoms with Crippen molar-refractivity contribution in [2.75, 3.05) is 20.1 Å². The summed E-state index contributed by atoms with van der Waals surface area (Å²) in [5.41, 5.74) is -0.559. The van der Waals surface area contributed by atoms with Gasteiger partial charge >= 0.3 is 12.1 Å². The van der Waals surface area contributed by atoms with Crippen molar-refractivity contribution >= 4 is 23.9 Å². The van der Waals surface area contributed by atoms with Crippen molar-refractivity contribution in [1.82, 2.24) is 31.1 Å². The lowest BCUT2D eigenvalue weighted by Gasteiger charge is -2.37. The molecule has 0 unspecified atom stereocenters. The number of rotatable bonds is 7. The van der Waals surface area contributed by atoms with Gasteiger partial charge in [-0.1, -0.05) is 20.8 Å². The Balaban J connectivity index is 2.33. The highest BCUT2D eigenvalue weighted by Gasteiger charge is 2.55. The van der Waals surface area contributed by atoms with Crippen LogP contribution in [0.3, 0.4) is 0 Å². The van der Waals surface area contributed by atoms with Gasteiger partial charge in [-0.15, -0.1) is 0 Å². The third kappa shape index (κ3) is 6.99. The SMILES string of the molecule is CN[C@@H](C)C(=O)N[C@H](C(=O)N1CC[C@@H]2[C@H]1[C@@H](OC(=O)NC(C)C)CN2C(=O)NC(C)C)C(C)(C)C. The highest BCUT2D eigenvalue weighted by Crippen LogP contribution is 2.35. The molecule has 11 nitrogen and oxygen atoms in total. The molecule has 2 aliphatic rings. The van der Waals surface area contributed by atoms with Crippen LogP contribution in [0.4, 0.5) is 9.59 Å². The van der Waals surface area contributed by atoms with Crippen molar-refractivity contribution in [3.05, 3.63) is 0 Å². The van der Waals surface area contributed by atoms with E-state index >= 15 is 0 Å². The molecule has 0 aromatic rings. The maximum Gasteiger partial charge on any atom is 0.407 e. The molecule has 2 aliphatic heterocycles. The van der Waals surface area contributed by atoms with Gasteiger partial charge in [0.25, 0.3) is 0 Å². The van der Waals surface area contributed by atoms with Gasteiger partial charge in [-0.25, -0.2) is 9.59 Å². The Hall–Kier alpha value is -2.56. The molecule has 35 heavy (non-hydrogen) atoms. The molecule has 0 radical (unpaired) electrons. The second-order valence-electron chi connectivity index (χ2n) is 11.2. The lowest BCUT2D eigenvalue weighted by Crippen LogP contribution is -2.59. The van der Waals surface area contributed by atoms with Crippen molar-refractivity contribution in [1.29, 1.82) is 0 Å². The number of hydrogen-bond donors (Lipinski definition) is 4. The number of amides is 5. The van der Waals surface area contributed by atoms with Gasteiger partial charge in [0.15, 0.2) is 0 Å². The van der Waals surface area contributed by atoms with Gasteiger partial charge in [0.2, 0.25) is 11.8 Å². The van der Waals surface area contributed by atoms with Crippen LogP contribution in [-0.2, 0) is 14.3 Å². The molecule has 4 N–H and O–H groups in total. The number of nitrogens with zero attached hydrogens (tertiary/aromatic N) is 2. The first kappa shape index (κ1) is 28.7. The number of carbonyl (C=O) groups is 4. The van der Waals surface area contributed by atoms with Gasteiger partial charge in [0.1, 0.15) is 12.1 Å². The number of hydrogen-bond acceptors (Lipinski definition) is 6. The van der Waals surface area contributed by atoms with Crippen LogP contribution in [0, 0.1) is 5.41 Å². The number of urea groups is 1. The predicted molar refractivity (Wildman–Crippen MR) is 133 cm³/mol. The van der Waals surface area contributed by atoms with Crippen LogP contribution in [0.1, 0.15) is 61.8 Å². The molecule has 0 spiro atoms. The molecule has 0 saturated carbocycles. The summed E-state index contributed by atoms with van der Waals surface area (Å²) in [6.07, 6.45) is -0.709. The average Bonchev–Trinajstić information content (AvgIpc) is 3.30. The summed E-state index contributed by atoms with van der Waals surface area (Å²) in [4.78, 5) is 55.2. The zero-order valence-electron chi connectivity index (χ0n) is 22.6. The molecule has 0 aromatic carbocycles. The van der Waals surface area contributed by atoms with E-state index in [2.05, 4.69) is 21.3 Å². The van der Waals surface area contributed by atoms with Gasteiger partial charge in [-0.2, -0.15) is 0 Å². The minimum Gasteiger partial charge on any atom is -0.442 e. The first-order chi connectivity index (χ1) is 16.2. The van der Waals surface area contributed by atoms with Crippen molar-refractivity contribution in [3.8, 4) is 0 Å². The number of nitrogens with one attached hydrogen (secondary N) is 4. The zero-order valence-corrected chi connectivity index (χ0v) is 22.6. The molecule has 5 atom stereocenters. The Morgan fingerprint density at radius 3 is 2.03 bits per heavy atom. The molecule has 2 fully saturated rings. The topological polar surface area (TPSA) is 132 Å². The first-order valence-corrected chi connectivity index (χ1v) is 12.5. The summed E-state index contributed by atoms with van der Waals surface area (Å²) in [7, 11) is 1.68. The Labute approximate surface area is 209 Å². The number of likely N-dealkylation sites (N-methyl/N-ethyl adjacent to an activating group) is 1. The van der Waals surface area contributed by atoms with E-state index in [-0.39, 0.29) is 42.5 Å². The number of ether oxygens (including phenoxy) is 1. The molecule has 200 valence electrons. The fourth-order valence-electron chi connectivity index (χ4n) is 4.57. The average molecular weight is 497 g/mol. The van der Waals surface area contributed by atoms with Gasteiger partial charge in [0.05, 0.1) is 24.7 Å². The molecular weight excluding hydrogens is 452 g/mol. The highest BCUT2D eigenvalue weighted by molar-refractivity contribution is 5.90. The molecular formula is C24H44N6O5. The molecule has 0 aliphatic carbocycles. The third-order valence-electron chi connectivity index (χ3n) is 6.42. The standard InChI is InChI=1S/C24H44N6O5/c1-13(2)26-22(33)30-12-17(35-23(34)27-14(3)4)18-16(30)10-11-29(18)21(32)19(24(6,7)8)28-20(31)15(5)25-9/h13-19,25H,10-12H2,1-9H3,(H,26,33)(H,27,34)(H,28,31)/t15-,16+,17-,18-,19+/m0/s1. The van der Waals surface area contributed by atoms with E-state index in [4.69, 9.17) is 4.74 Å². The van der Waals surface area contributed by atoms with E-state index in [0.29, 0.717) is 13.0 Å². The van der Waals surface area contributed by atoms with Crippen molar-refractivity contribution < 1.29 is 23.9 Å². The van der Waals surface area contributed by atoms with Crippen LogP contribution in [-0.4, -0.2) is 96.2 Å². The summed E-state index contributed by atoms with van der Waals surface area (Å²) in [6, 6.07) is -2.45. The van der Waals surface area contributed by atoms with Crippen LogP contribution < -0.4 is 21.3 Å². The van der Waals surface area contributed by atoms with E-state index in [1.54, 1.807) is 23.8 Å². The number of fused-ring (bicyclic) bond motifs is 1. The van der Waals surface area contributed by atoms with Crippen molar-refractivity contribution in [2.45, 2.75) is 104 Å². The van der Waals surface area contributed by atoms with Gasteiger partial charge in [-0.3, -0.25) is 9.59 Å². The molecule has 0 aromatic heterocycles. The van der Waals surface area contributed by atoms with Crippen LogP contribution in [0.5, 0.6) is 0 Å². The van der Waals surface area contributed by atoms with Crippen LogP contribution in [0.25, 0.3) is 0 Å². The quantitative estimate of drug-likeness (QED) is 0.416. The summed E-state index contributed by atoms with van der Waals surface area (Å²) >= 11 is 0. The van der Waals surface area contributed by atoms with Crippen molar-refractivity contribution in [3.63, 3.8) is 0 Å². The fraction of sp³-hybridized carbons (Fsp3) is 0.833. The van der Waals surface area contributed by atoms with Gasteiger partial charge < -0.3 is 35.8 Å². The maximum atomic E-state index is 13.9. The van der Waals surface area contributed by atoms with Gasteiger partial charge in [0, 0.05) is 18.6 Å².